The van der Waals surface area contributed by atoms with Gasteiger partial charge in [0, 0.05) is 36.2 Å². The van der Waals surface area contributed by atoms with Crippen LogP contribution in [0.25, 0.3) is 11.3 Å². The van der Waals surface area contributed by atoms with Gasteiger partial charge in [-0.2, -0.15) is 0 Å². The molecule has 5 rings (SSSR count). The van der Waals surface area contributed by atoms with Gasteiger partial charge in [-0.3, -0.25) is 14.4 Å². The predicted octanol–water partition coefficient (Wildman–Crippen LogP) is 6.97. The topological polar surface area (TPSA) is 183 Å². The summed E-state index contributed by atoms with van der Waals surface area (Å²) in [5.74, 6) is -1.87. The summed E-state index contributed by atoms with van der Waals surface area (Å²) in [6.45, 7) is 4.69. The van der Waals surface area contributed by atoms with E-state index in [1.165, 1.54) is 24.5 Å². The second kappa shape index (κ2) is 14.6. The quantitative estimate of drug-likeness (QED) is 0.164. The van der Waals surface area contributed by atoms with E-state index in [0.29, 0.717) is 15.6 Å². The number of para-hydroxylation sites is 1. The van der Waals surface area contributed by atoms with Crippen molar-refractivity contribution < 1.29 is 40.6 Å². The van der Waals surface area contributed by atoms with E-state index in [2.05, 4.69) is 19.6 Å². The molecule has 18 heteroatoms. The van der Waals surface area contributed by atoms with E-state index in [0.717, 1.165) is 30.5 Å². The number of benzene rings is 3. The molecule has 1 atom stereocenters. The summed E-state index contributed by atoms with van der Waals surface area (Å²) < 4.78 is 87.8. The van der Waals surface area contributed by atoms with Crippen molar-refractivity contribution in [3.05, 3.63) is 94.2 Å². The Balaban J connectivity index is 1.57. The molecule has 1 aromatic heterocycles. The molecule has 1 aliphatic heterocycles. The van der Waals surface area contributed by atoms with E-state index in [9.17, 15) is 27.5 Å². The minimum absolute atomic E-state index is 0.00328. The van der Waals surface area contributed by atoms with Crippen molar-refractivity contribution in [1.29, 1.82) is 0 Å². The lowest BCUT2D eigenvalue weighted by molar-refractivity contribution is -0.387. The third kappa shape index (κ3) is 9.12. The predicted molar refractivity (Wildman–Crippen MR) is 186 cm³/mol. The maximum Gasteiger partial charge on any atom is 0.442 e. The van der Waals surface area contributed by atoms with Crippen LogP contribution >= 0.6 is 0 Å². The molecule has 0 aliphatic carbocycles. The number of aromatic nitrogens is 2. The van der Waals surface area contributed by atoms with Gasteiger partial charge in [-0.15, -0.1) is 4.36 Å². The highest BCUT2D eigenvalue weighted by Gasteiger charge is 2.33. The third-order valence-electron chi connectivity index (χ3n) is 7.20. The molecule has 1 amide bonds. The number of hydrogen-bond acceptors (Lipinski definition) is 11. The number of fused-ring (bicyclic) bond motifs is 7. The van der Waals surface area contributed by atoms with Crippen LogP contribution in [0.5, 0.6) is 5.75 Å². The zero-order valence-corrected chi connectivity index (χ0v) is 29.6. The number of halogens is 2. The number of amides is 1. The van der Waals surface area contributed by atoms with E-state index < -0.39 is 64.3 Å². The number of nitrogens with zero attached hydrogens (tertiary/aromatic N) is 5. The van der Waals surface area contributed by atoms with E-state index >= 15 is 8.78 Å². The van der Waals surface area contributed by atoms with Crippen molar-refractivity contribution in [3.63, 3.8) is 0 Å². The van der Waals surface area contributed by atoms with Gasteiger partial charge >= 0.3 is 6.09 Å². The summed E-state index contributed by atoms with van der Waals surface area (Å²) >= 11 is 0. The first-order chi connectivity index (χ1) is 23.9. The molecule has 0 spiro atoms. The Bertz CT molecular complexity index is 2240. The Kier molecular flexibility index (Phi) is 10.6. The molecule has 4 aromatic rings. The number of rotatable bonds is 5. The Morgan fingerprint density at radius 3 is 2.55 bits per heavy atom. The minimum Gasteiger partial charge on any atom is -0.494 e. The standard InChI is InChI=1S/C33H34F2N6O8S2/c1-33(2,3)49-32(42)39-50(4,45)20-21-15-23-18-24(16-21)48-14-8-7-13-40(51(46,47)29-10-6-5-9-27(29)41(43)44)28-17-22(11-12-25(28)34)30-26(35)19-36-31(37-23)38-30/h5-6,9-12,15-19H,7-8,13-14,20H2,1-4H3,(H,36,37,38). The number of sulfonamides is 1. The molecule has 51 heavy (non-hydrogen) atoms. The molecule has 0 saturated heterocycles. The van der Waals surface area contributed by atoms with Gasteiger partial charge in [0.25, 0.3) is 15.7 Å². The molecule has 6 bridgehead atoms. The molecule has 0 fully saturated rings. The van der Waals surface area contributed by atoms with Crippen molar-refractivity contribution in [2.24, 2.45) is 4.36 Å². The van der Waals surface area contributed by atoms with Gasteiger partial charge in [-0.1, -0.05) is 12.1 Å². The summed E-state index contributed by atoms with van der Waals surface area (Å²) in [6.07, 6.45) is 1.56. The summed E-state index contributed by atoms with van der Waals surface area (Å²) in [7, 11) is -7.88. The van der Waals surface area contributed by atoms with Crippen LogP contribution in [0.15, 0.2) is 76.1 Å². The maximum absolute atomic E-state index is 15.5. The highest BCUT2D eigenvalue weighted by molar-refractivity contribution is 7.93. The number of hydrogen-bond donors (Lipinski definition) is 1. The van der Waals surface area contributed by atoms with Crippen molar-refractivity contribution in [2.45, 2.75) is 49.9 Å². The van der Waals surface area contributed by atoms with Crippen LogP contribution < -0.4 is 14.4 Å². The van der Waals surface area contributed by atoms with Gasteiger partial charge in [0.1, 0.15) is 22.9 Å². The first kappa shape index (κ1) is 37.0. The number of nitro benzene ring substituents is 1. The summed E-state index contributed by atoms with van der Waals surface area (Å²) in [5.41, 5.74) is -1.51. The summed E-state index contributed by atoms with van der Waals surface area (Å²) in [6, 6.07) is 12.8. The van der Waals surface area contributed by atoms with Gasteiger partial charge in [0.2, 0.25) is 5.95 Å². The lowest BCUT2D eigenvalue weighted by Crippen LogP contribution is -2.33. The van der Waals surface area contributed by atoms with Crippen LogP contribution in [0.2, 0.25) is 0 Å². The molecule has 0 radical (unpaired) electrons. The van der Waals surface area contributed by atoms with Gasteiger partial charge in [0.15, 0.2) is 10.7 Å². The number of carbonyl (C=O) groups excluding carboxylic acids is 1. The smallest absolute Gasteiger partial charge is 0.442 e. The summed E-state index contributed by atoms with van der Waals surface area (Å²) in [4.78, 5) is 30.8. The average molecular weight is 745 g/mol. The monoisotopic (exact) mass is 744 g/mol. The molecule has 3 aromatic carbocycles. The van der Waals surface area contributed by atoms with Crippen LogP contribution in [0, 0.1) is 21.7 Å². The van der Waals surface area contributed by atoms with Crippen LogP contribution in [0.3, 0.4) is 0 Å². The molecular weight excluding hydrogens is 711 g/mol. The fraction of sp³-hybridized carbons (Fsp3) is 0.303. The van der Waals surface area contributed by atoms with Gasteiger partial charge in [-0.25, -0.2) is 36.2 Å². The maximum atomic E-state index is 15.5. The molecule has 1 unspecified atom stereocenters. The first-order valence-corrected chi connectivity index (χ1v) is 19.0. The van der Waals surface area contributed by atoms with E-state index in [-0.39, 0.29) is 54.7 Å². The van der Waals surface area contributed by atoms with Crippen LogP contribution in [0.4, 0.5) is 36.6 Å². The molecule has 0 saturated carbocycles. The molecular formula is C33H34F2N6O8S2. The molecule has 14 nitrogen and oxygen atoms in total. The largest absolute Gasteiger partial charge is 0.494 e. The van der Waals surface area contributed by atoms with E-state index in [1.54, 1.807) is 39.0 Å². The summed E-state index contributed by atoms with van der Waals surface area (Å²) in [5, 5.41) is 14.7. The number of anilines is 3. The molecule has 1 aliphatic rings. The Labute approximate surface area is 293 Å². The van der Waals surface area contributed by atoms with Gasteiger partial charge in [0.05, 0.1) is 38.9 Å². The van der Waals surface area contributed by atoms with Crippen LogP contribution in [-0.4, -0.2) is 58.6 Å². The van der Waals surface area contributed by atoms with Crippen molar-refractivity contribution in [1.82, 2.24) is 9.97 Å². The first-order valence-electron chi connectivity index (χ1n) is 15.5. The Hall–Kier alpha value is -5.23. The average Bonchev–Trinajstić information content (AvgIpc) is 3.02. The van der Waals surface area contributed by atoms with Crippen LogP contribution in [-0.2, 0) is 30.2 Å². The van der Waals surface area contributed by atoms with Crippen molar-refractivity contribution in [3.8, 4) is 17.0 Å². The Morgan fingerprint density at radius 2 is 1.82 bits per heavy atom. The SMILES string of the molecule is CC(C)(C)OC(=O)N=S(C)(=O)Cc1cc2cc(c1)OCCCCN(S(=O)(=O)c1ccccc1[N+](=O)[O-])c1cc(ccc1F)-c1nc(ncc1F)N2. The number of nitrogens with one attached hydrogen (secondary N) is 1. The lowest BCUT2D eigenvalue weighted by Gasteiger charge is -2.25. The van der Waals surface area contributed by atoms with Gasteiger partial charge < -0.3 is 14.8 Å². The molecule has 1 N–H and O–H groups in total. The third-order valence-corrected chi connectivity index (χ3v) is 10.5. The number of carbonyl (C=O) groups is 1. The van der Waals surface area contributed by atoms with Crippen molar-refractivity contribution >= 4 is 48.9 Å². The fourth-order valence-corrected chi connectivity index (χ4v) is 8.02. The highest BCUT2D eigenvalue weighted by Crippen LogP contribution is 2.35. The zero-order valence-electron chi connectivity index (χ0n) is 28.0. The second-order valence-corrected chi connectivity index (χ2v) is 16.8. The second-order valence-electron chi connectivity index (χ2n) is 12.6. The van der Waals surface area contributed by atoms with E-state index in [4.69, 9.17) is 9.47 Å². The van der Waals surface area contributed by atoms with E-state index in [1.807, 2.05) is 0 Å². The highest BCUT2D eigenvalue weighted by atomic mass is 32.2. The normalized spacial score (nSPS) is 14.7. The molecule has 270 valence electrons. The number of ether oxygens (including phenoxy) is 2. The minimum atomic E-state index is -4.74. The number of nitro groups is 1. The fourth-order valence-electron chi connectivity index (χ4n) is 5.15. The molecule has 2 heterocycles. The van der Waals surface area contributed by atoms with Crippen LogP contribution in [0.1, 0.15) is 39.2 Å². The van der Waals surface area contributed by atoms with Gasteiger partial charge in [-0.05, 0) is 75.6 Å². The zero-order chi connectivity index (χ0) is 37.1. The Morgan fingerprint density at radius 1 is 1.08 bits per heavy atom. The lowest BCUT2D eigenvalue weighted by atomic mass is 10.1. The van der Waals surface area contributed by atoms with Crippen molar-refractivity contribution in [2.75, 3.05) is 29.0 Å².